The highest BCUT2D eigenvalue weighted by Crippen LogP contribution is 2.35. The third-order valence-electron chi connectivity index (χ3n) is 4.93. The van der Waals surface area contributed by atoms with Crippen molar-refractivity contribution in [3.05, 3.63) is 76.5 Å². The lowest BCUT2D eigenvalue weighted by molar-refractivity contribution is -0.387. The van der Waals surface area contributed by atoms with E-state index in [1.165, 1.54) is 40.9 Å². The predicted octanol–water partition coefficient (Wildman–Crippen LogP) is 6.51. The van der Waals surface area contributed by atoms with Crippen LogP contribution in [-0.4, -0.2) is 39.3 Å². The van der Waals surface area contributed by atoms with E-state index in [9.17, 15) is 14.9 Å². The Morgan fingerprint density at radius 2 is 2.11 bits per heavy atom. The Balaban J connectivity index is 1.44. The second-order valence-electron chi connectivity index (χ2n) is 7.64. The van der Waals surface area contributed by atoms with Gasteiger partial charge in [-0.15, -0.1) is 11.3 Å². The average molecular weight is 538 g/mol. The molecule has 0 spiro atoms. The largest absolute Gasteiger partial charge is 0.355 e. The van der Waals surface area contributed by atoms with Crippen LogP contribution >= 0.6 is 34.9 Å². The number of pyridine rings is 1. The van der Waals surface area contributed by atoms with Crippen molar-refractivity contribution in [2.24, 2.45) is 4.99 Å². The van der Waals surface area contributed by atoms with Crippen LogP contribution in [0, 0.1) is 10.1 Å². The quantitative estimate of drug-likeness (QED) is 0.0763. The molecule has 4 rings (SSSR count). The number of aliphatic imine (C=N–C) groups is 1. The minimum atomic E-state index is -0.394. The van der Waals surface area contributed by atoms with Crippen LogP contribution in [-0.2, 0) is 4.79 Å². The summed E-state index contributed by atoms with van der Waals surface area (Å²) in [5.41, 5.74) is 2.20. The molecule has 1 amide bonds. The summed E-state index contributed by atoms with van der Waals surface area (Å²) in [5, 5.41) is 15.2. The van der Waals surface area contributed by atoms with Gasteiger partial charge in [-0.2, -0.15) is 0 Å². The number of hydrogen-bond acceptors (Lipinski definition) is 9. The predicted molar refractivity (Wildman–Crippen MR) is 147 cm³/mol. The summed E-state index contributed by atoms with van der Waals surface area (Å²) >= 11 is 4.18. The van der Waals surface area contributed by atoms with E-state index in [-0.39, 0.29) is 11.6 Å². The molecule has 0 saturated heterocycles. The highest BCUT2D eigenvalue weighted by Gasteiger charge is 2.16. The number of nitrogens with one attached hydrogen (secondary N) is 1. The maximum Gasteiger partial charge on any atom is 0.283 e. The number of amides is 1. The van der Waals surface area contributed by atoms with E-state index in [1.54, 1.807) is 30.6 Å². The third kappa shape index (κ3) is 7.12. The normalized spacial score (nSPS) is 11.2. The number of thiazole rings is 1. The van der Waals surface area contributed by atoms with Crippen molar-refractivity contribution in [2.75, 3.05) is 12.3 Å². The Bertz CT molecular complexity index is 1390. The Labute approximate surface area is 220 Å². The average Bonchev–Trinajstić information content (AvgIpc) is 3.30. The van der Waals surface area contributed by atoms with Crippen LogP contribution in [0.5, 0.6) is 0 Å². The molecule has 36 heavy (non-hydrogen) atoms. The topological polar surface area (TPSA) is 110 Å². The fraction of sp³-hybridized carbons (Fsp3) is 0.200. The van der Waals surface area contributed by atoms with Crippen LogP contribution in [0.1, 0.15) is 25.3 Å². The van der Waals surface area contributed by atoms with Crippen molar-refractivity contribution in [3.63, 3.8) is 0 Å². The van der Waals surface area contributed by atoms with Gasteiger partial charge < -0.3 is 5.32 Å². The molecular weight excluding hydrogens is 515 g/mol. The van der Waals surface area contributed by atoms with Crippen LogP contribution < -0.4 is 5.32 Å². The number of hydrogen-bond donors (Lipinski definition) is 1. The summed E-state index contributed by atoms with van der Waals surface area (Å²) in [6.07, 6.45) is 5.29. The van der Waals surface area contributed by atoms with E-state index in [4.69, 9.17) is 0 Å². The molecule has 1 N–H and O–H groups in total. The van der Waals surface area contributed by atoms with E-state index in [1.807, 2.05) is 30.3 Å². The first-order valence-electron chi connectivity index (χ1n) is 11.2. The molecule has 0 aliphatic heterocycles. The molecule has 2 aromatic carbocycles. The van der Waals surface area contributed by atoms with E-state index in [0.29, 0.717) is 27.8 Å². The Morgan fingerprint density at radius 1 is 1.22 bits per heavy atom. The van der Waals surface area contributed by atoms with Crippen molar-refractivity contribution in [2.45, 2.75) is 34.0 Å². The molecule has 0 aliphatic rings. The van der Waals surface area contributed by atoms with Crippen molar-refractivity contribution in [1.82, 2.24) is 15.3 Å². The molecule has 0 atom stereocenters. The number of nitro benzene ring substituents is 1. The van der Waals surface area contributed by atoms with E-state index < -0.39 is 4.92 Å². The number of unbranched alkanes of at least 4 members (excludes halogenated alkanes) is 1. The Hall–Kier alpha value is -3.28. The number of nitro groups is 1. The lowest BCUT2D eigenvalue weighted by Crippen LogP contribution is -2.25. The van der Waals surface area contributed by atoms with Gasteiger partial charge >= 0.3 is 0 Å². The van der Waals surface area contributed by atoms with Gasteiger partial charge in [0.2, 0.25) is 5.91 Å². The molecule has 0 fully saturated rings. The zero-order chi connectivity index (χ0) is 25.3. The molecule has 184 valence electrons. The second-order valence-corrected chi connectivity index (χ2v) is 11.0. The van der Waals surface area contributed by atoms with Crippen LogP contribution in [0.2, 0.25) is 0 Å². The molecule has 0 saturated carbocycles. The van der Waals surface area contributed by atoms with Crippen molar-refractivity contribution >= 4 is 68.6 Å². The molecule has 4 aromatic rings. The van der Waals surface area contributed by atoms with Gasteiger partial charge in [0.25, 0.3) is 5.69 Å². The molecule has 0 bridgehead atoms. The van der Waals surface area contributed by atoms with Crippen LogP contribution in [0.15, 0.2) is 80.0 Å². The van der Waals surface area contributed by atoms with Gasteiger partial charge in [-0.1, -0.05) is 49.0 Å². The van der Waals surface area contributed by atoms with Crippen molar-refractivity contribution < 1.29 is 9.72 Å². The summed E-state index contributed by atoms with van der Waals surface area (Å²) in [4.78, 5) is 37.0. The molecule has 8 nitrogen and oxygen atoms in total. The minimum absolute atomic E-state index is 0.00732. The number of carbonyl (C=O) groups excluding carboxylic acids is 1. The van der Waals surface area contributed by atoms with Gasteiger partial charge in [-0.3, -0.25) is 19.9 Å². The number of aromatic nitrogens is 2. The van der Waals surface area contributed by atoms with Gasteiger partial charge in [0, 0.05) is 25.0 Å². The molecule has 2 aromatic heterocycles. The molecule has 2 heterocycles. The fourth-order valence-corrected chi connectivity index (χ4v) is 5.92. The first kappa shape index (κ1) is 25.8. The monoisotopic (exact) mass is 537 g/mol. The maximum atomic E-state index is 11.9. The number of thioether (sulfide) groups is 1. The molecule has 0 unspecified atom stereocenters. The standard InChI is InChI=1S/C25H23N5O3S3/c1-2-3-11-26-23(31)16-34-25-29-19-9-8-18(14-22(19)36-25)28-15-17-7-10-21(20(13-17)30(32)33)35-24-6-4-5-12-27-24/h4-10,12-15H,2-3,11,16H2,1H3,(H,26,31). The maximum absolute atomic E-state index is 11.9. The molecule has 0 aliphatic carbocycles. The Morgan fingerprint density at radius 3 is 2.89 bits per heavy atom. The summed E-state index contributed by atoms with van der Waals surface area (Å²) < 4.78 is 1.79. The van der Waals surface area contributed by atoms with E-state index >= 15 is 0 Å². The summed E-state index contributed by atoms with van der Waals surface area (Å²) in [6, 6.07) is 16.1. The number of fused-ring (bicyclic) bond motifs is 1. The fourth-order valence-electron chi connectivity index (χ4n) is 3.13. The third-order valence-corrected chi connectivity index (χ3v) is 8.10. The molecule has 11 heteroatoms. The van der Waals surface area contributed by atoms with Crippen LogP contribution in [0.3, 0.4) is 0 Å². The highest BCUT2D eigenvalue weighted by molar-refractivity contribution is 8.01. The smallest absolute Gasteiger partial charge is 0.283 e. The lowest BCUT2D eigenvalue weighted by atomic mass is 10.2. The van der Waals surface area contributed by atoms with Crippen molar-refractivity contribution in [1.29, 1.82) is 0 Å². The number of carbonyl (C=O) groups is 1. The SMILES string of the molecule is CCCCNC(=O)CSc1nc2ccc(N=Cc3ccc(Sc4ccccn4)c([N+](=O)[O-])c3)cc2s1. The molecule has 0 radical (unpaired) electrons. The summed E-state index contributed by atoms with van der Waals surface area (Å²) in [5.74, 6) is 0.346. The first-order chi connectivity index (χ1) is 17.5. The van der Waals surface area contributed by atoms with Gasteiger partial charge in [-0.25, -0.2) is 9.97 Å². The zero-order valence-corrected chi connectivity index (χ0v) is 21.9. The van der Waals surface area contributed by atoms with Gasteiger partial charge in [0.15, 0.2) is 4.34 Å². The van der Waals surface area contributed by atoms with Gasteiger partial charge in [0.1, 0.15) is 5.03 Å². The Kier molecular flexibility index (Phi) is 9.04. The summed E-state index contributed by atoms with van der Waals surface area (Å²) in [7, 11) is 0. The first-order valence-corrected chi connectivity index (χ1v) is 13.8. The van der Waals surface area contributed by atoms with E-state index in [2.05, 4.69) is 27.2 Å². The number of rotatable bonds is 11. The van der Waals surface area contributed by atoms with Gasteiger partial charge in [-0.05, 0) is 48.4 Å². The van der Waals surface area contributed by atoms with E-state index in [0.717, 1.165) is 33.1 Å². The summed E-state index contributed by atoms with van der Waals surface area (Å²) in [6.45, 7) is 2.79. The highest BCUT2D eigenvalue weighted by atomic mass is 32.2. The van der Waals surface area contributed by atoms with Gasteiger partial charge in [0.05, 0.1) is 31.5 Å². The minimum Gasteiger partial charge on any atom is -0.355 e. The zero-order valence-electron chi connectivity index (χ0n) is 19.4. The van der Waals surface area contributed by atoms with Crippen LogP contribution in [0.4, 0.5) is 11.4 Å². The number of benzene rings is 2. The van der Waals surface area contributed by atoms with Crippen LogP contribution in [0.25, 0.3) is 10.2 Å². The number of nitrogens with zero attached hydrogens (tertiary/aromatic N) is 4. The van der Waals surface area contributed by atoms with Crippen molar-refractivity contribution in [3.8, 4) is 0 Å². The molecular formula is C25H23N5O3S3. The lowest BCUT2D eigenvalue weighted by Gasteiger charge is -2.03. The second kappa shape index (κ2) is 12.6.